The Balaban J connectivity index is 1.55. The molecular formula is C24H27N5O3. The maximum Gasteiger partial charge on any atom is 0.189 e. The summed E-state index contributed by atoms with van der Waals surface area (Å²) in [6.45, 7) is 5.62. The molecule has 0 radical (unpaired) electrons. The molecule has 1 aliphatic rings. The van der Waals surface area contributed by atoms with E-state index >= 15 is 0 Å². The number of morpholine rings is 1. The third-order valence-corrected chi connectivity index (χ3v) is 5.27. The Morgan fingerprint density at radius 3 is 2.69 bits per heavy atom. The number of aromatic nitrogens is 3. The van der Waals surface area contributed by atoms with Gasteiger partial charge in [-0.15, -0.1) is 0 Å². The highest BCUT2D eigenvalue weighted by Crippen LogP contribution is 2.25. The number of anilines is 2. The monoisotopic (exact) mass is 433 g/mol. The number of pyridine rings is 1. The van der Waals surface area contributed by atoms with Crippen molar-refractivity contribution in [2.45, 2.75) is 19.8 Å². The molecule has 3 aromatic rings. The molecule has 2 aromatic heterocycles. The van der Waals surface area contributed by atoms with Crippen molar-refractivity contribution in [1.29, 1.82) is 0 Å². The summed E-state index contributed by atoms with van der Waals surface area (Å²) in [5.41, 5.74) is 9.45. The normalized spacial score (nSPS) is 13.7. The van der Waals surface area contributed by atoms with Crippen molar-refractivity contribution in [3.05, 3.63) is 60.2 Å². The zero-order valence-electron chi connectivity index (χ0n) is 18.2. The van der Waals surface area contributed by atoms with Crippen molar-refractivity contribution >= 4 is 17.3 Å². The summed E-state index contributed by atoms with van der Waals surface area (Å²) in [7, 11) is 0. The molecule has 1 aliphatic heterocycles. The van der Waals surface area contributed by atoms with Crippen LogP contribution in [0.1, 0.15) is 29.4 Å². The maximum atomic E-state index is 13.2. The number of carbonyl (C=O) groups is 1. The fraction of sp³-hybridized carbons (Fsp3) is 0.333. The van der Waals surface area contributed by atoms with E-state index in [0.717, 1.165) is 42.1 Å². The Bertz CT molecular complexity index is 1070. The van der Waals surface area contributed by atoms with Crippen molar-refractivity contribution < 1.29 is 14.3 Å². The zero-order valence-corrected chi connectivity index (χ0v) is 18.2. The highest BCUT2D eigenvalue weighted by Gasteiger charge is 2.20. The van der Waals surface area contributed by atoms with Crippen LogP contribution in [0.2, 0.25) is 0 Å². The first-order chi connectivity index (χ1) is 15.7. The minimum atomic E-state index is -0.192. The predicted molar refractivity (Wildman–Crippen MR) is 123 cm³/mol. The van der Waals surface area contributed by atoms with Crippen LogP contribution in [0.25, 0.3) is 11.3 Å². The lowest BCUT2D eigenvalue weighted by molar-refractivity contribution is 0.0988. The van der Waals surface area contributed by atoms with Crippen LogP contribution < -0.4 is 15.4 Å². The van der Waals surface area contributed by atoms with Crippen LogP contribution >= 0.6 is 0 Å². The van der Waals surface area contributed by atoms with E-state index in [2.05, 4.69) is 26.8 Å². The minimum absolute atomic E-state index is 0.124. The maximum absolute atomic E-state index is 13.2. The molecule has 3 heterocycles. The van der Waals surface area contributed by atoms with Gasteiger partial charge in [0.15, 0.2) is 11.6 Å². The van der Waals surface area contributed by atoms with Crippen molar-refractivity contribution in [1.82, 2.24) is 15.0 Å². The number of Topliss-reactive ketones (excluding diaryl/α,β-unsaturated/α-hetero) is 1. The molecule has 0 spiro atoms. The molecule has 0 unspecified atom stereocenters. The molecule has 1 fully saturated rings. The molecule has 2 N–H and O–H groups in total. The van der Waals surface area contributed by atoms with Gasteiger partial charge in [0.1, 0.15) is 11.4 Å². The molecular weight excluding hydrogens is 406 g/mol. The molecule has 0 amide bonds. The van der Waals surface area contributed by atoms with Gasteiger partial charge in [-0.1, -0.05) is 6.92 Å². The second-order valence-electron chi connectivity index (χ2n) is 7.57. The van der Waals surface area contributed by atoms with Gasteiger partial charge in [-0.3, -0.25) is 9.78 Å². The van der Waals surface area contributed by atoms with Crippen LogP contribution in [0.3, 0.4) is 0 Å². The van der Waals surface area contributed by atoms with Gasteiger partial charge in [-0.2, -0.15) is 0 Å². The third kappa shape index (κ3) is 5.03. The van der Waals surface area contributed by atoms with E-state index in [1.54, 1.807) is 18.6 Å². The van der Waals surface area contributed by atoms with E-state index in [1.165, 1.54) is 0 Å². The van der Waals surface area contributed by atoms with Gasteiger partial charge in [-0.05, 0) is 36.8 Å². The molecule has 4 rings (SSSR count). The number of nitrogen functional groups attached to an aromatic ring is 1. The number of hydrogen-bond acceptors (Lipinski definition) is 8. The number of rotatable bonds is 8. The molecule has 0 bridgehead atoms. The SMILES string of the molecule is CCCOc1ccc(-c2cnc(N)c(C(=O)Cc3cnccc3N3CCOCC3)n2)cc1. The van der Waals surface area contributed by atoms with Gasteiger partial charge in [0, 0.05) is 48.7 Å². The lowest BCUT2D eigenvalue weighted by Gasteiger charge is -2.30. The molecule has 1 aromatic carbocycles. The average Bonchev–Trinajstić information content (AvgIpc) is 2.84. The van der Waals surface area contributed by atoms with Crippen molar-refractivity contribution in [2.75, 3.05) is 43.5 Å². The molecule has 1 saturated heterocycles. The number of benzene rings is 1. The van der Waals surface area contributed by atoms with Gasteiger partial charge in [0.2, 0.25) is 0 Å². The van der Waals surface area contributed by atoms with E-state index in [9.17, 15) is 4.79 Å². The number of ketones is 1. The van der Waals surface area contributed by atoms with E-state index in [-0.39, 0.29) is 23.7 Å². The van der Waals surface area contributed by atoms with E-state index in [1.807, 2.05) is 30.3 Å². The molecule has 0 aliphatic carbocycles. The smallest absolute Gasteiger partial charge is 0.189 e. The minimum Gasteiger partial charge on any atom is -0.494 e. The van der Waals surface area contributed by atoms with Gasteiger partial charge >= 0.3 is 0 Å². The number of hydrogen-bond donors (Lipinski definition) is 1. The summed E-state index contributed by atoms with van der Waals surface area (Å²) in [6.07, 6.45) is 6.14. The second kappa shape index (κ2) is 10.2. The van der Waals surface area contributed by atoms with Gasteiger partial charge in [0.05, 0.1) is 31.7 Å². The summed E-state index contributed by atoms with van der Waals surface area (Å²) in [6, 6.07) is 9.50. The molecule has 166 valence electrons. The number of nitrogens with two attached hydrogens (primary N) is 1. The van der Waals surface area contributed by atoms with E-state index in [4.69, 9.17) is 15.2 Å². The predicted octanol–water partition coefficient (Wildman–Crippen LogP) is 3.17. The van der Waals surface area contributed by atoms with Crippen LogP contribution in [-0.2, 0) is 11.2 Å². The average molecular weight is 434 g/mol. The van der Waals surface area contributed by atoms with Gasteiger partial charge < -0.3 is 20.1 Å². The molecule has 32 heavy (non-hydrogen) atoms. The summed E-state index contributed by atoms with van der Waals surface area (Å²) < 4.78 is 11.1. The number of nitrogens with zero attached hydrogens (tertiary/aromatic N) is 4. The highest BCUT2D eigenvalue weighted by atomic mass is 16.5. The first kappa shape index (κ1) is 21.7. The van der Waals surface area contributed by atoms with Crippen LogP contribution in [0.5, 0.6) is 5.75 Å². The topological polar surface area (TPSA) is 103 Å². The summed E-state index contributed by atoms with van der Waals surface area (Å²) in [5.74, 6) is 0.725. The van der Waals surface area contributed by atoms with E-state index in [0.29, 0.717) is 25.5 Å². The van der Waals surface area contributed by atoms with Crippen LogP contribution in [0, 0.1) is 0 Å². The van der Waals surface area contributed by atoms with Gasteiger partial charge in [-0.25, -0.2) is 9.97 Å². The number of carbonyl (C=O) groups excluding carboxylic acids is 1. The van der Waals surface area contributed by atoms with Crippen LogP contribution in [-0.4, -0.2) is 53.6 Å². The Kier molecular flexibility index (Phi) is 6.91. The van der Waals surface area contributed by atoms with Gasteiger partial charge in [0.25, 0.3) is 0 Å². The van der Waals surface area contributed by atoms with Crippen molar-refractivity contribution in [2.24, 2.45) is 0 Å². The number of ether oxygens (including phenoxy) is 2. The third-order valence-electron chi connectivity index (χ3n) is 5.27. The first-order valence-corrected chi connectivity index (χ1v) is 10.8. The Labute approximate surface area is 187 Å². The van der Waals surface area contributed by atoms with E-state index < -0.39 is 0 Å². The first-order valence-electron chi connectivity index (χ1n) is 10.8. The Hall–Kier alpha value is -3.52. The van der Waals surface area contributed by atoms with Crippen molar-refractivity contribution in [3.8, 4) is 17.0 Å². The summed E-state index contributed by atoms with van der Waals surface area (Å²) in [4.78, 5) is 28.3. The highest BCUT2D eigenvalue weighted by molar-refractivity contribution is 6.00. The summed E-state index contributed by atoms with van der Waals surface area (Å²) >= 11 is 0. The van der Waals surface area contributed by atoms with Crippen molar-refractivity contribution in [3.63, 3.8) is 0 Å². The lowest BCUT2D eigenvalue weighted by atomic mass is 10.1. The quantitative estimate of drug-likeness (QED) is 0.540. The molecule has 8 nitrogen and oxygen atoms in total. The van der Waals surface area contributed by atoms with Crippen LogP contribution in [0.4, 0.5) is 11.5 Å². The largest absolute Gasteiger partial charge is 0.494 e. The second-order valence-corrected chi connectivity index (χ2v) is 7.57. The standard InChI is InChI=1S/C24H27N5O3/c1-2-11-32-19-5-3-17(4-6-19)20-16-27-24(25)23(28-20)22(30)14-18-15-26-8-7-21(18)29-9-12-31-13-10-29/h3-8,15-16H,2,9-14H2,1H3,(H2,25,27). The van der Waals surface area contributed by atoms with Crippen LogP contribution in [0.15, 0.2) is 48.9 Å². The molecule has 0 atom stereocenters. The lowest BCUT2D eigenvalue weighted by Crippen LogP contribution is -2.37. The molecule has 8 heteroatoms. The summed E-state index contributed by atoms with van der Waals surface area (Å²) in [5, 5.41) is 0. The Morgan fingerprint density at radius 2 is 1.94 bits per heavy atom. The molecule has 0 saturated carbocycles. The Morgan fingerprint density at radius 1 is 1.16 bits per heavy atom. The zero-order chi connectivity index (χ0) is 22.3. The fourth-order valence-electron chi connectivity index (χ4n) is 3.61. The fourth-order valence-corrected chi connectivity index (χ4v) is 3.61.